The fourth-order valence-corrected chi connectivity index (χ4v) is 1.62. The van der Waals surface area contributed by atoms with E-state index >= 15 is 0 Å². The van der Waals surface area contributed by atoms with Crippen molar-refractivity contribution in [2.75, 3.05) is 33.5 Å². The Labute approximate surface area is 116 Å². The lowest BCUT2D eigenvalue weighted by atomic mass is 10.2. The smallest absolute Gasteiger partial charge is 0.127 e. The van der Waals surface area contributed by atoms with E-state index in [4.69, 9.17) is 14.2 Å². The van der Waals surface area contributed by atoms with Gasteiger partial charge in [0.05, 0.1) is 13.2 Å². The first kappa shape index (κ1) is 15.8. The maximum atomic E-state index is 5.75. The summed E-state index contributed by atoms with van der Waals surface area (Å²) in [5.74, 6) is 1.72. The monoisotopic (exact) mass is 267 g/mol. The van der Waals surface area contributed by atoms with Crippen molar-refractivity contribution >= 4 is 0 Å². The second-order valence-corrected chi connectivity index (χ2v) is 4.24. The molecule has 4 heteroatoms. The van der Waals surface area contributed by atoms with E-state index in [0.717, 1.165) is 43.2 Å². The van der Waals surface area contributed by atoms with Gasteiger partial charge in [0.15, 0.2) is 0 Å². The zero-order valence-electron chi connectivity index (χ0n) is 12.2. The first-order chi connectivity index (χ1) is 9.31. The Balaban J connectivity index is 2.71. The summed E-state index contributed by atoms with van der Waals surface area (Å²) in [6.45, 7) is 7.77. The van der Waals surface area contributed by atoms with Gasteiger partial charge in [-0.25, -0.2) is 0 Å². The van der Waals surface area contributed by atoms with Crippen LogP contribution in [0.4, 0.5) is 0 Å². The van der Waals surface area contributed by atoms with Crippen LogP contribution >= 0.6 is 0 Å². The van der Waals surface area contributed by atoms with Gasteiger partial charge in [-0.3, -0.25) is 0 Å². The summed E-state index contributed by atoms with van der Waals surface area (Å²) in [4.78, 5) is 0. The normalized spacial score (nSPS) is 10.5. The Morgan fingerprint density at radius 1 is 1.05 bits per heavy atom. The van der Waals surface area contributed by atoms with Gasteiger partial charge in [-0.05, 0) is 19.0 Å². The molecule has 0 saturated heterocycles. The molecule has 0 spiro atoms. The van der Waals surface area contributed by atoms with Crippen molar-refractivity contribution in [3.05, 3.63) is 23.8 Å². The molecule has 1 rings (SSSR count). The third kappa shape index (κ3) is 5.94. The molecule has 1 aromatic rings. The lowest BCUT2D eigenvalue weighted by Crippen LogP contribution is -2.14. The number of nitrogens with one attached hydrogen (secondary N) is 1. The molecule has 0 unspecified atom stereocenters. The minimum absolute atomic E-state index is 0.548. The molecule has 0 heterocycles. The highest BCUT2D eigenvalue weighted by Crippen LogP contribution is 2.25. The lowest BCUT2D eigenvalue weighted by Gasteiger charge is -2.14. The van der Waals surface area contributed by atoms with Crippen molar-refractivity contribution < 1.29 is 14.2 Å². The van der Waals surface area contributed by atoms with Crippen LogP contribution in [-0.2, 0) is 11.3 Å². The third-order valence-corrected chi connectivity index (χ3v) is 2.62. The molecule has 108 valence electrons. The Kier molecular flexibility index (Phi) is 8.02. The van der Waals surface area contributed by atoms with Crippen molar-refractivity contribution in [1.29, 1.82) is 0 Å². The molecule has 0 atom stereocenters. The molecule has 1 N–H and O–H groups in total. The zero-order chi connectivity index (χ0) is 13.9. The molecule has 0 fully saturated rings. The van der Waals surface area contributed by atoms with E-state index < -0.39 is 0 Å². The van der Waals surface area contributed by atoms with E-state index in [0.29, 0.717) is 13.2 Å². The molecule has 19 heavy (non-hydrogen) atoms. The van der Waals surface area contributed by atoms with Crippen LogP contribution in [0.2, 0.25) is 0 Å². The van der Waals surface area contributed by atoms with Crippen LogP contribution in [0.1, 0.15) is 25.8 Å². The molecule has 0 amide bonds. The molecule has 1 aromatic carbocycles. The van der Waals surface area contributed by atoms with Gasteiger partial charge in [-0.1, -0.05) is 19.9 Å². The summed E-state index contributed by atoms with van der Waals surface area (Å²) < 4.78 is 16.4. The summed E-state index contributed by atoms with van der Waals surface area (Å²) in [6.07, 6.45) is 0.999. The van der Waals surface area contributed by atoms with Gasteiger partial charge in [0.1, 0.15) is 18.1 Å². The van der Waals surface area contributed by atoms with Crippen molar-refractivity contribution in [2.24, 2.45) is 0 Å². The summed E-state index contributed by atoms with van der Waals surface area (Å²) >= 11 is 0. The predicted molar refractivity (Wildman–Crippen MR) is 77.0 cm³/mol. The van der Waals surface area contributed by atoms with E-state index in [1.54, 1.807) is 7.11 Å². The maximum Gasteiger partial charge on any atom is 0.127 e. The molecular weight excluding hydrogens is 242 g/mol. The van der Waals surface area contributed by atoms with Crippen LogP contribution in [0.25, 0.3) is 0 Å². The van der Waals surface area contributed by atoms with Crippen LogP contribution in [0.15, 0.2) is 18.2 Å². The molecule has 4 nitrogen and oxygen atoms in total. The van der Waals surface area contributed by atoms with Gasteiger partial charge < -0.3 is 19.5 Å². The quantitative estimate of drug-likeness (QED) is 0.661. The molecule has 0 radical (unpaired) electrons. The van der Waals surface area contributed by atoms with Crippen LogP contribution < -0.4 is 14.8 Å². The van der Waals surface area contributed by atoms with Crippen LogP contribution in [0, 0.1) is 0 Å². The van der Waals surface area contributed by atoms with E-state index in [-0.39, 0.29) is 0 Å². The Morgan fingerprint density at radius 3 is 2.58 bits per heavy atom. The summed E-state index contributed by atoms with van der Waals surface area (Å²) in [5.41, 5.74) is 1.14. The van der Waals surface area contributed by atoms with E-state index in [2.05, 4.69) is 25.2 Å². The Hall–Kier alpha value is -1.26. The van der Waals surface area contributed by atoms with E-state index in [1.807, 2.05) is 12.1 Å². The van der Waals surface area contributed by atoms with Gasteiger partial charge in [-0.2, -0.15) is 0 Å². The van der Waals surface area contributed by atoms with Crippen LogP contribution in [-0.4, -0.2) is 33.5 Å². The SMILES string of the molecule is CCCOc1ccc(CNCC)c(OCCOC)c1. The number of hydrogen-bond acceptors (Lipinski definition) is 4. The van der Waals surface area contributed by atoms with Crippen LogP contribution in [0.3, 0.4) is 0 Å². The van der Waals surface area contributed by atoms with E-state index in [1.165, 1.54) is 0 Å². The van der Waals surface area contributed by atoms with Crippen LogP contribution in [0.5, 0.6) is 11.5 Å². The topological polar surface area (TPSA) is 39.7 Å². The molecule has 0 aliphatic carbocycles. The minimum atomic E-state index is 0.548. The average Bonchev–Trinajstić information content (AvgIpc) is 2.44. The molecule has 0 aliphatic heterocycles. The minimum Gasteiger partial charge on any atom is -0.493 e. The summed E-state index contributed by atoms with van der Waals surface area (Å²) in [6, 6.07) is 6.00. The highest BCUT2D eigenvalue weighted by Gasteiger charge is 2.06. The molecule has 0 aliphatic rings. The number of benzene rings is 1. The molecule has 0 aromatic heterocycles. The second kappa shape index (κ2) is 9.64. The largest absolute Gasteiger partial charge is 0.493 e. The van der Waals surface area contributed by atoms with Gasteiger partial charge in [0.2, 0.25) is 0 Å². The fraction of sp³-hybridized carbons (Fsp3) is 0.600. The number of hydrogen-bond donors (Lipinski definition) is 1. The van der Waals surface area contributed by atoms with Gasteiger partial charge >= 0.3 is 0 Å². The molecule has 0 saturated carbocycles. The Morgan fingerprint density at radius 2 is 1.89 bits per heavy atom. The molecule has 0 bridgehead atoms. The summed E-state index contributed by atoms with van der Waals surface area (Å²) in [5, 5.41) is 3.31. The Bertz CT molecular complexity index is 355. The predicted octanol–water partition coefficient (Wildman–Crippen LogP) is 2.61. The summed E-state index contributed by atoms with van der Waals surface area (Å²) in [7, 11) is 1.67. The number of rotatable bonds is 10. The fourth-order valence-electron chi connectivity index (χ4n) is 1.62. The second-order valence-electron chi connectivity index (χ2n) is 4.24. The van der Waals surface area contributed by atoms with Gasteiger partial charge in [0, 0.05) is 25.3 Å². The van der Waals surface area contributed by atoms with E-state index in [9.17, 15) is 0 Å². The third-order valence-electron chi connectivity index (χ3n) is 2.62. The lowest BCUT2D eigenvalue weighted by molar-refractivity contribution is 0.145. The number of methoxy groups -OCH3 is 1. The first-order valence-electron chi connectivity index (χ1n) is 6.90. The first-order valence-corrected chi connectivity index (χ1v) is 6.90. The van der Waals surface area contributed by atoms with Gasteiger partial charge in [-0.15, -0.1) is 0 Å². The van der Waals surface area contributed by atoms with Crippen molar-refractivity contribution in [3.63, 3.8) is 0 Å². The zero-order valence-corrected chi connectivity index (χ0v) is 12.2. The van der Waals surface area contributed by atoms with Crippen molar-refractivity contribution in [3.8, 4) is 11.5 Å². The van der Waals surface area contributed by atoms with Gasteiger partial charge in [0.25, 0.3) is 0 Å². The molecular formula is C15H25NO3. The highest BCUT2D eigenvalue weighted by atomic mass is 16.5. The van der Waals surface area contributed by atoms with Crippen molar-refractivity contribution in [1.82, 2.24) is 5.32 Å². The number of ether oxygens (including phenoxy) is 3. The highest BCUT2D eigenvalue weighted by molar-refractivity contribution is 5.40. The maximum absolute atomic E-state index is 5.75. The average molecular weight is 267 g/mol. The standard InChI is InChI=1S/C15H25NO3/c1-4-8-18-14-7-6-13(12-16-5-2)15(11-14)19-10-9-17-3/h6-7,11,16H,4-5,8-10,12H2,1-3H3. The van der Waals surface area contributed by atoms with Crippen molar-refractivity contribution in [2.45, 2.75) is 26.8 Å².